The van der Waals surface area contributed by atoms with Gasteiger partial charge in [-0.1, -0.05) is 37.3 Å². The highest BCUT2D eigenvalue weighted by atomic mass is 32.1. The molecule has 1 aromatic carbocycles. The molecule has 0 saturated heterocycles. The highest BCUT2D eigenvalue weighted by Gasteiger charge is 2.24. The van der Waals surface area contributed by atoms with E-state index in [0.717, 1.165) is 17.8 Å². The van der Waals surface area contributed by atoms with E-state index in [1.54, 1.807) is 37.3 Å². The summed E-state index contributed by atoms with van der Waals surface area (Å²) >= 11 is 1.32. The molecule has 0 aliphatic rings. The number of aryl methyl sites for hydroxylation is 2. The number of thiazole rings is 1. The minimum absolute atomic E-state index is 0.395. The third-order valence-electron chi connectivity index (χ3n) is 3.17. The van der Waals surface area contributed by atoms with Crippen LogP contribution in [0.2, 0.25) is 0 Å². The lowest BCUT2D eigenvalue weighted by Crippen LogP contribution is -2.33. The molecule has 2 N–H and O–H groups in total. The van der Waals surface area contributed by atoms with Crippen molar-refractivity contribution >= 4 is 23.2 Å². The lowest BCUT2D eigenvalue weighted by Gasteiger charge is -2.14. The molecule has 2 rings (SSSR count). The monoisotopic (exact) mass is 318 g/mol. The zero-order valence-electron chi connectivity index (χ0n) is 12.5. The molecule has 1 aromatic heterocycles. The standard InChI is InChI=1S/C16H18N2O3S/c1-3-7-12-17-10(2)14(22-12)15(19)18-13(16(20)21)11-8-5-4-6-9-11/h4-6,8-9,13H,3,7H2,1-2H3,(H,18,19)(H,20,21)/t13-/m0/s1. The van der Waals surface area contributed by atoms with Gasteiger partial charge in [0.1, 0.15) is 4.88 Å². The predicted molar refractivity (Wildman–Crippen MR) is 85.1 cm³/mol. The van der Waals surface area contributed by atoms with E-state index in [1.807, 2.05) is 6.92 Å². The molecule has 0 aliphatic heterocycles. The molecule has 1 amide bonds. The third kappa shape index (κ3) is 3.71. The van der Waals surface area contributed by atoms with Crippen molar-refractivity contribution in [2.45, 2.75) is 32.7 Å². The summed E-state index contributed by atoms with van der Waals surface area (Å²) in [5.74, 6) is -1.48. The first-order chi connectivity index (χ1) is 10.5. The summed E-state index contributed by atoms with van der Waals surface area (Å²) in [5.41, 5.74) is 1.18. The molecule has 0 unspecified atom stereocenters. The number of aromatic nitrogens is 1. The summed E-state index contributed by atoms with van der Waals surface area (Å²) in [4.78, 5) is 28.6. The van der Waals surface area contributed by atoms with Crippen molar-refractivity contribution in [3.63, 3.8) is 0 Å². The average Bonchev–Trinajstić information content (AvgIpc) is 2.86. The van der Waals surface area contributed by atoms with Gasteiger partial charge in [0.2, 0.25) is 0 Å². The summed E-state index contributed by atoms with van der Waals surface area (Å²) in [6.07, 6.45) is 1.77. The van der Waals surface area contributed by atoms with Gasteiger partial charge in [0.05, 0.1) is 10.7 Å². The van der Waals surface area contributed by atoms with Crippen molar-refractivity contribution in [2.75, 3.05) is 0 Å². The smallest absolute Gasteiger partial charge is 0.330 e. The van der Waals surface area contributed by atoms with Crippen LogP contribution in [0.15, 0.2) is 30.3 Å². The highest BCUT2D eigenvalue weighted by Crippen LogP contribution is 2.21. The number of carbonyl (C=O) groups excluding carboxylic acids is 1. The van der Waals surface area contributed by atoms with Crippen LogP contribution in [0.3, 0.4) is 0 Å². The topological polar surface area (TPSA) is 79.3 Å². The molecule has 0 aliphatic carbocycles. The van der Waals surface area contributed by atoms with Gasteiger partial charge < -0.3 is 10.4 Å². The molecule has 22 heavy (non-hydrogen) atoms. The number of nitrogens with one attached hydrogen (secondary N) is 1. The van der Waals surface area contributed by atoms with Crippen molar-refractivity contribution in [3.8, 4) is 0 Å². The lowest BCUT2D eigenvalue weighted by molar-refractivity contribution is -0.139. The van der Waals surface area contributed by atoms with Crippen LogP contribution in [0.4, 0.5) is 0 Å². The Bertz CT molecular complexity index is 667. The summed E-state index contributed by atoms with van der Waals surface area (Å²) in [6, 6.07) is 7.59. The summed E-state index contributed by atoms with van der Waals surface area (Å²) in [5, 5.41) is 12.8. The van der Waals surface area contributed by atoms with Gasteiger partial charge in [-0.15, -0.1) is 11.3 Å². The van der Waals surface area contributed by atoms with Crippen molar-refractivity contribution in [2.24, 2.45) is 0 Å². The van der Waals surface area contributed by atoms with Gasteiger partial charge in [-0.3, -0.25) is 4.79 Å². The maximum atomic E-state index is 12.4. The number of aliphatic carboxylic acids is 1. The SMILES string of the molecule is CCCc1nc(C)c(C(=O)N[C@H](C(=O)O)c2ccccc2)s1. The second-order valence-corrected chi connectivity index (χ2v) is 6.01. The molecule has 116 valence electrons. The summed E-state index contributed by atoms with van der Waals surface area (Å²) in [6.45, 7) is 3.81. The molecule has 0 spiro atoms. The Morgan fingerprint density at radius 3 is 2.59 bits per heavy atom. The van der Waals surface area contributed by atoms with E-state index in [0.29, 0.717) is 16.1 Å². The third-order valence-corrected chi connectivity index (χ3v) is 4.38. The van der Waals surface area contributed by atoms with Crippen LogP contribution in [0, 0.1) is 6.92 Å². The van der Waals surface area contributed by atoms with E-state index in [-0.39, 0.29) is 0 Å². The first-order valence-electron chi connectivity index (χ1n) is 7.07. The van der Waals surface area contributed by atoms with Gasteiger partial charge in [0, 0.05) is 0 Å². The highest BCUT2D eigenvalue weighted by molar-refractivity contribution is 7.13. The van der Waals surface area contributed by atoms with Gasteiger partial charge in [0.15, 0.2) is 6.04 Å². The number of carboxylic acids is 1. The Hall–Kier alpha value is -2.21. The average molecular weight is 318 g/mol. The first-order valence-corrected chi connectivity index (χ1v) is 7.89. The number of nitrogens with zero attached hydrogens (tertiary/aromatic N) is 1. The molecule has 1 atom stereocenters. The normalized spacial score (nSPS) is 11.9. The van der Waals surface area contributed by atoms with Crippen LogP contribution in [-0.4, -0.2) is 22.0 Å². The Balaban J connectivity index is 2.20. The fraction of sp³-hybridized carbons (Fsp3) is 0.312. The number of amides is 1. The van der Waals surface area contributed by atoms with E-state index in [4.69, 9.17) is 0 Å². The molecule has 0 saturated carbocycles. The quantitative estimate of drug-likeness (QED) is 0.858. The second-order valence-electron chi connectivity index (χ2n) is 4.93. The molecule has 0 bridgehead atoms. The minimum Gasteiger partial charge on any atom is -0.479 e. The van der Waals surface area contributed by atoms with Crippen LogP contribution in [0.5, 0.6) is 0 Å². The Kier molecular flexibility index (Phi) is 5.27. The summed E-state index contributed by atoms with van der Waals surface area (Å²) in [7, 11) is 0. The summed E-state index contributed by atoms with van der Waals surface area (Å²) < 4.78 is 0. The van der Waals surface area contributed by atoms with Crippen LogP contribution in [-0.2, 0) is 11.2 Å². The maximum absolute atomic E-state index is 12.4. The fourth-order valence-corrected chi connectivity index (χ4v) is 3.18. The van der Waals surface area contributed by atoms with Crippen molar-refractivity contribution < 1.29 is 14.7 Å². The van der Waals surface area contributed by atoms with Crippen LogP contribution >= 0.6 is 11.3 Å². The van der Waals surface area contributed by atoms with Gasteiger partial charge in [-0.2, -0.15) is 0 Å². The van der Waals surface area contributed by atoms with E-state index >= 15 is 0 Å². The zero-order chi connectivity index (χ0) is 16.1. The molecule has 0 radical (unpaired) electrons. The van der Waals surface area contributed by atoms with Crippen LogP contribution in [0.25, 0.3) is 0 Å². The van der Waals surface area contributed by atoms with E-state index < -0.39 is 17.9 Å². The molecule has 0 fully saturated rings. The van der Waals surface area contributed by atoms with Crippen molar-refractivity contribution in [1.29, 1.82) is 0 Å². The van der Waals surface area contributed by atoms with E-state index in [9.17, 15) is 14.7 Å². The maximum Gasteiger partial charge on any atom is 0.330 e. The molecular formula is C16H18N2O3S. The zero-order valence-corrected chi connectivity index (χ0v) is 13.3. The van der Waals surface area contributed by atoms with Crippen molar-refractivity contribution in [3.05, 3.63) is 51.5 Å². The first kappa shape index (κ1) is 16.2. The number of rotatable bonds is 6. The number of benzene rings is 1. The van der Waals surface area contributed by atoms with Gasteiger partial charge in [-0.05, 0) is 25.3 Å². The minimum atomic E-state index is -1.09. The predicted octanol–water partition coefficient (Wildman–Crippen LogP) is 2.96. The molecule has 2 aromatic rings. The van der Waals surface area contributed by atoms with Gasteiger partial charge in [-0.25, -0.2) is 9.78 Å². The largest absolute Gasteiger partial charge is 0.479 e. The van der Waals surface area contributed by atoms with Gasteiger partial charge >= 0.3 is 5.97 Å². The Morgan fingerprint density at radius 1 is 1.32 bits per heavy atom. The Morgan fingerprint density at radius 2 is 2.00 bits per heavy atom. The van der Waals surface area contributed by atoms with E-state index in [2.05, 4.69) is 10.3 Å². The number of hydrogen-bond donors (Lipinski definition) is 2. The molecule has 1 heterocycles. The fourth-order valence-electron chi connectivity index (χ4n) is 2.11. The van der Waals surface area contributed by atoms with Crippen molar-refractivity contribution in [1.82, 2.24) is 10.3 Å². The molecule has 5 nitrogen and oxygen atoms in total. The van der Waals surface area contributed by atoms with E-state index in [1.165, 1.54) is 11.3 Å². The number of carboxylic acid groups (broad SMARTS) is 1. The number of hydrogen-bond acceptors (Lipinski definition) is 4. The number of carbonyl (C=O) groups is 2. The second kappa shape index (κ2) is 7.17. The molecular weight excluding hydrogens is 300 g/mol. The Labute approximate surface area is 133 Å². The molecule has 6 heteroatoms. The lowest BCUT2D eigenvalue weighted by atomic mass is 10.1. The van der Waals surface area contributed by atoms with Gasteiger partial charge in [0.25, 0.3) is 5.91 Å². The van der Waals surface area contributed by atoms with Crippen LogP contribution < -0.4 is 5.32 Å². The van der Waals surface area contributed by atoms with Crippen LogP contribution in [0.1, 0.15) is 45.3 Å².